The Morgan fingerprint density at radius 2 is 1.73 bits per heavy atom. The second-order valence-corrected chi connectivity index (χ2v) is 9.50. The summed E-state index contributed by atoms with van der Waals surface area (Å²) in [6, 6.07) is 11.2. The average Bonchev–Trinajstić information content (AvgIpc) is 2.99. The maximum atomic E-state index is 12.1. The quantitative estimate of drug-likeness (QED) is 0.264. The first-order chi connectivity index (χ1) is 15.6. The highest BCUT2D eigenvalue weighted by Gasteiger charge is 2.23. The van der Waals surface area contributed by atoms with Crippen LogP contribution in [0.3, 0.4) is 0 Å². The molecule has 0 aliphatic carbocycles. The number of aryl methyl sites for hydroxylation is 2. The molecule has 1 N–H and O–H groups in total. The van der Waals surface area contributed by atoms with Crippen molar-refractivity contribution in [2.24, 2.45) is 0 Å². The van der Waals surface area contributed by atoms with E-state index in [4.69, 9.17) is 16.3 Å². The zero-order valence-electron chi connectivity index (χ0n) is 19.5. The number of aromatic carboxylic acids is 1. The minimum absolute atomic E-state index is 0.0175. The topological polar surface area (TPSA) is 68.5 Å². The number of halogens is 1. The lowest BCUT2D eigenvalue weighted by Crippen LogP contribution is -2.13. The Morgan fingerprint density at radius 1 is 1.09 bits per heavy atom. The first kappa shape index (κ1) is 24.9. The maximum Gasteiger partial charge on any atom is 0.352 e. The van der Waals surface area contributed by atoms with Crippen molar-refractivity contribution in [3.8, 4) is 5.75 Å². The van der Waals surface area contributed by atoms with Crippen molar-refractivity contribution in [3.05, 3.63) is 75.1 Å². The molecule has 0 fully saturated rings. The van der Waals surface area contributed by atoms with Crippen LogP contribution in [0.2, 0.25) is 5.02 Å². The largest absolute Gasteiger partial charge is 0.494 e. The number of benzene rings is 2. The molecule has 0 aliphatic rings. The summed E-state index contributed by atoms with van der Waals surface area (Å²) in [6.07, 6.45) is 0.643. The van der Waals surface area contributed by atoms with Crippen LogP contribution in [0.5, 0.6) is 5.75 Å². The third-order valence-corrected chi connectivity index (χ3v) is 7.56. The highest BCUT2D eigenvalue weighted by atomic mass is 35.5. The van der Waals surface area contributed by atoms with Crippen LogP contribution in [0, 0.1) is 27.7 Å². The van der Waals surface area contributed by atoms with Gasteiger partial charge in [0, 0.05) is 32.6 Å². The van der Waals surface area contributed by atoms with Gasteiger partial charge >= 0.3 is 5.97 Å². The number of aromatic nitrogens is 1. The van der Waals surface area contributed by atoms with Crippen LogP contribution in [0.15, 0.2) is 46.2 Å². The van der Waals surface area contributed by atoms with Crippen molar-refractivity contribution in [1.29, 1.82) is 0 Å². The van der Waals surface area contributed by atoms with Gasteiger partial charge in [0.2, 0.25) is 0 Å². The van der Waals surface area contributed by atoms with Crippen LogP contribution in [0.25, 0.3) is 0 Å². The fourth-order valence-corrected chi connectivity index (χ4v) is 5.24. The number of nitrogens with zero attached hydrogens (tertiary/aromatic N) is 1. The van der Waals surface area contributed by atoms with Crippen molar-refractivity contribution in [2.75, 3.05) is 6.61 Å². The Bertz CT molecular complexity index is 1190. The van der Waals surface area contributed by atoms with E-state index >= 15 is 0 Å². The maximum absolute atomic E-state index is 12.1. The molecule has 0 saturated carbocycles. The van der Waals surface area contributed by atoms with Crippen molar-refractivity contribution >= 4 is 35.1 Å². The Balaban J connectivity index is 1.80. The van der Waals surface area contributed by atoms with Crippen molar-refractivity contribution in [1.82, 2.24) is 4.57 Å². The van der Waals surface area contributed by atoms with Gasteiger partial charge in [-0.15, -0.1) is 0 Å². The number of ether oxygens (including phenoxy) is 1. The summed E-state index contributed by atoms with van der Waals surface area (Å²) in [5, 5.41) is 10.6. The SMILES string of the molecule is CC(=O)c1ccccc1Sc1c(C)c(C(=O)O)n(CCCOc2cc(C)c(Cl)c(C)c2)c1C. The van der Waals surface area contributed by atoms with E-state index in [1.165, 1.54) is 18.7 Å². The van der Waals surface area contributed by atoms with Crippen LogP contribution in [-0.2, 0) is 6.54 Å². The number of Topliss-reactive ketones (excluding diaryl/α,β-unsaturated/α-hetero) is 1. The predicted molar refractivity (Wildman–Crippen MR) is 132 cm³/mol. The van der Waals surface area contributed by atoms with Gasteiger partial charge in [0.15, 0.2) is 5.78 Å². The molecule has 0 aliphatic heterocycles. The van der Waals surface area contributed by atoms with Gasteiger partial charge in [0.1, 0.15) is 11.4 Å². The predicted octanol–water partition coefficient (Wildman–Crippen LogP) is 6.90. The van der Waals surface area contributed by atoms with Crippen LogP contribution < -0.4 is 4.74 Å². The molecule has 174 valence electrons. The van der Waals surface area contributed by atoms with E-state index in [0.29, 0.717) is 30.7 Å². The summed E-state index contributed by atoms with van der Waals surface area (Å²) in [5.41, 5.74) is 4.40. The monoisotopic (exact) mass is 485 g/mol. The highest BCUT2D eigenvalue weighted by molar-refractivity contribution is 7.99. The summed E-state index contributed by atoms with van der Waals surface area (Å²) >= 11 is 7.66. The van der Waals surface area contributed by atoms with Gasteiger partial charge in [0.25, 0.3) is 0 Å². The van der Waals surface area contributed by atoms with Crippen molar-refractivity contribution in [2.45, 2.75) is 57.4 Å². The molecule has 0 radical (unpaired) electrons. The molecular formula is C26H28ClNO4S. The smallest absolute Gasteiger partial charge is 0.352 e. The molecule has 0 spiro atoms. The number of carbonyl (C=O) groups is 2. The van der Waals surface area contributed by atoms with Crippen LogP contribution in [-0.4, -0.2) is 28.0 Å². The van der Waals surface area contributed by atoms with Crippen LogP contribution in [0.1, 0.15) is 56.6 Å². The van der Waals surface area contributed by atoms with Gasteiger partial charge in [0.05, 0.1) is 6.61 Å². The molecule has 0 bridgehead atoms. The van der Waals surface area contributed by atoms with Gasteiger partial charge in [-0.2, -0.15) is 0 Å². The molecule has 7 heteroatoms. The minimum Gasteiger partial charge on any atom is -0.494 e. The molecule has 0 unspecified atom stereocenters. The Morgan fingerprint density at radius 3 is 2.33 bits per heavy atom. The molecule has 0 atom stereocenters. The van der Waals surface area contributed by atoms with E-state index in [9.17, 15) is 14.7 Å². The minimum atomic E-state index is -0.966. The summed E-state index contributed by atoms with van der Waals surface area (Å²) < 4.78 is 7.73. The van der Waals surface area contributed by atoms with Crippen LogP contribution in [0.4, 0.5) is 0 Å². The number of ketones is 1. The molecule has 1 aromatic heterocycles. The van der Waals surface area contributed by atoms with Gasteiger partial charge in [-0.25, -0.2) is 4.79 Å². The molecule has 0 saturated heterocycles. The number of rotatable bonds is 9. The van der Waals surface area contributed by atoms with Gasteiger partial charge in [-0.05, 0) is 75.9 Å². The third kappa shape index (κ3) is 5.45. The van der Waals surface area contributed by atoms with Gasteiger partial charge in [-0.3, -0.25) is 4.79 Å². The lowest BCUT2D eigenvalue weighted by Gasteiger charge is -2.12. The van der Waals surface area contributed by atoms with E-state index in [0.717, 1.165) is 37.4 Å². The highest BCUT2D eigenvalue weighted by Crippen LogP contribution is 2.38. The average molecular weight is 486 g/mol. The number of hydrogen-bond donors (Lipinski definition) is 1. The molecule has 3 rings (SSSR count). The first-order valence-electron chi connectivity index (χ1n) is 10.7. The zero-order valence-corrected chi connectivity index (χ0v) is 21.1. The van der Waals surface area contributed by atoms with E-state index < -0.39 is 5.97 Å². The number of carboxylic acid groups (broad SMARTS) is 1. The lowest BCUT2D eigenvalue weighted by atomic mass is 10.1. The molecule has 0 amide bonds. The molecule has 2 aromatic carbocycles. The zero-order chi connectivity index (χ0) is 24.3. The number of carbonyl (C=O) groups excluding carboxylic acids is 1. The Labute approximate surface area is 203 Å². The molecule has 5 nitrogen and oxygen atoms in total. The summed E-state index contributed by atoms with van der Waals surface area (Å²) in [7, 11) is 0. The molecule has 33 heavy (non-hydrogen) atoms. The summed E-state index contributed by atoms with van der Waals surface area (Å²) in [6.45, 7) is 10.1. The Kier molecular flexibility index (Phi) is 7.92. The van der Waals surface area contributed by atoms with E-state index in [2.05, 4.69) is 0 Å². The van der Waals surface area contributed by atoms with E-state index in [1.54, 1.807) is 6.07 Å². The van der Waals surface area contributed by atoms with Gasteiger partial charge in [-0.1, -0.05) is 41.6 Å². The van der Waals surface area contributed by atoms with Crippen molar-refractivity contribution < 1.29 is 19.4 Å². The Hall–Kier alpha value is -2.70. The molecular weight excluding hydrogens is 458 g/mol. The fourth-order valence-electron chi connectivity index (χ4n) is 3.94. The third-order valence-electron chi connectivity index (χ3n) is 5.58. The fraction of sp³-hybridized carbons (Fsp3) is 0.308. The second kappa shape index (κ2) is 10.5. The molecule has 3 aromatic rings. The van der Waals surface area contributed by atoms with Gasteiger partial charge < -0.3 is 14.4 Å². The van der Waals surface area contributed by atoms with Crippen molar-refractivity contribution in [3.63, 3.8) is 0 Å². The van der Waals surface area contributed by atoms with Crippen LogP contribution >= 0.6 is 23.4 Å². The van der Waals surface area contributed by atoms with E-state index in [1.807, 2.05) is 62.6 Å². The normalized spacial score (nSPS) is 11.0. The number of hydrogen-bond acceptors (Lipinski definition) is 4. The summed E-state index contributed by atoms with van der Waals surface area (Å²) in [5.74, 6) is -0.228. The lowest BCUT2D eigenvalue weighted by molar-refractivity contribution is 0.0683. The second-order valence-electron chi connectivity index (χ2n) is 8.07. The van der Waals surface area contributed by atoms with E-state index in [-0.39, 0.29) is 11.5 Å². The summed E-state index contributed by atoms with van der Waals surface area (Å²) in [4.78, 5) is 25.8. The first-order valence-corrected chi connectivity index (χ1v) is 11.9. The standard InChI is InChI=1S/C26H28ClNO4S/c1-15-13-20(14-16(2)23(15)27)32-12-8-11-28-18(4)25(17(3)24(28)26(30)31)33-22-10-7-6-9-21(22)19(5)29/h6-7,9-10,13-14H,8,11-12H2,1-5H3,(H,30,31). The molecule has 1 heterocycles. The number of carboxylic acids is 1.